The number of carbonyl (C=O) groups excluding carboxylic acids is 1. The van der Waals surface area contributed by atoms with E-state index < -0.39 is 0 Å². The average Bonchev–Trinajstić information content (AvgIpc) is 3.30. The zero-order chi connectivity index (χ0) is 24.9. The normalized spacial score (nSPS) is 15.7. The van der Waals surface area contributed by atoms with Crippen molar-refractivity contribution < 1.29 is 22.7 Å². The fraction of sp³-hybridized carbons (Fsp3) is 0.393. The molecule has 0 saturated carbocycles. The third-order valence-corrected chi connectivity index (χ3v) is 7.09. The minimum absolute atomic E-state index is 0.113. The smallest absolute Gasteiger partial charge is 0.257 e. The molecule has 1 aliphatic rings. The number of halogens is 2. The van der Waals surface area contributed by atoms with Gasteiger partial charge in [0.1, 0.15) is 11.6 Å². The van der Waals surface area contributed by atoms with Crippen molar-refractivity contribution in [3.63, 3.8) is 0 Å². The minimum Gasteiger partial charge on any atom is -0.494 e. The van der Waals surface area contributed by atoms with Crippen molar-refractivity contribution in [2.45, 2.75) is 38.8 Å². The molecule has 5 nitrogen and oxygen atoms in total. The minimum atomic E-state index is -0.369. The van der Waals surface area contributed by atoms with Crippen LogP contribution in [0.4, 0.5) is 8.78 Å². The van der Waals surface area contributed by atoms with Crippen molar-refractivity contribution in [3.8, 4) is 5.75 Å². The van der Waals surface area contributed by atoms with Gasteiger partial charge in [0, 0.05) is 19.6 Å². The maximum absolute atomic E-state index is 14.6. The quantitative estimate of drug-likeness (QED) is 0.427. The molecule has 186 valence electrons. The summed E-state index contributed by atoms with van der Waals surface area (Å²) in [6.45, 7) is 4.15. The predicted molar refractivity (Wildman–Crippen MR) is 130 cm³/mol. The molecule has 35 heavy (non-hydrogen) atoms. The number of likely N-dealkylation sites (tertiary alicyclic amines) is 1. The molecule has 1 aromatic heterocycles. The van der Waals surface area contributed by atoms with Gasteiger partial charge >= 0.3 is 0 Å². The number of methoxy groups -OCH3 is 1. The van der Waals surface area contributed by atoms with E-state index in [0.717, 1.165) is 31.5 Å². The number of carbonyl (C=O) groups is 1. The van der Waals surface area contributed by atoms with E-state index in [1.165, 1.54) is 25.5 Å². The number of aryl methyl sites for hydroxylation is 1. The fourth-order valence-corrected chi connectivity index (χ4v) is 5.01. The molecule has 4 rings (SSSR count). The summed E-state index contributed by atoms with van der Waals surface area (Å²) in [5.41, 5.74) is 2.14. The lowest BCUT2D eigenvalue weighted by atomic mass is 9.84. The SMILES string of the molecule is COc1cc(CN2CCC([C@@H](Cc3ccccc3F)N(C)C(=O)c3ccoc3C)CC2)ccc1F. The van der Waals surface area contributed by atoms with E-state index in [-0.39, 0.29) is 35.3 Å². The number of hydrogen-bond acceptors (Lipinski definition) is 4. The molecule has 0 unspecified atom stereocenters. The largest absolute Gasteiger partial charge is 0.494 e. The Hall–Kier alpha value is -3.19. The van der Waals surface area contributed by atoms with E-state index in [0.29, 0.717) is 29.9 Å². The van der Waals surface area contributed by atoms with Crippen molar-refractivity contribution in [1.82, 2.24) is 9.80 Å². The van der Waals surface area contributed by atoms with Gasteiger partial charge in [-0.15, -0.1) is 0 Å². The molecule has 2 aromatic carbocycles. The first-order valence-corrected chi connectivity index (χ1v) is 12.0. The average molecular weight is 483 g/mol. The number of piperidine rings is 1. The molecule has 0 aliphatic carbocycles. The summed E-state index contributed by atoms with van der Waals surface area (Å²) < 4.78 is 38.8. The zero-order valence-electron chi connectivity index (χ0n) is 20.5. The highest BCUT2D eigenvalue weighted by Gasteiger charge is 2.33. The first-order chi connectivity index (χ1) is 16.9. The van der Waals surface area contributed by atoms with Crippen molar-refractivity contribution in [3.05, 3.63) is 88.9 Å². The highest BCUT2D eigenvalue weighted by Crippen LogP contribution is 2.29. The Balaban J connectivity index is 1.48. The topological polar surface area (TPSA) is 45.9 Å². The molecule has 1 saturated heterocycles. The van der Waals surface area contributed by atoms with Crippen molar-refractivity contribution >= 4 is 5.91 Å². The van der Waals surface area contributed by atoms with Crippen LogP contribution >= 0.6 is 0 Å². The van der Waals surface area contributed by atoms with Gasteiger partial charge in [-0.25, -0.2) is 8.78 Å². The molecule has 7 heteroatoms. The number of likely N-dealkylation sites (N-methyl/N-ethyl adjacent to an activating group) is 1. The monoisotopic (exact) mass is 482 g/mol. The molecular weight excluding hydrogens is 450 g/mol. The zero-order valence-corrected chi connectivity index (χ0v) is 20.5. The van der Waals surface area contributed by atoms with Crippen molar-refractivity contribution in [2.24, 2.45) is 5.92 Å². The standard InChI is InChI=1S/C28H32F2N2O3/c1-19-23(12-15-35-19)28(33)31(2)26(17-22-6-4-5-7-24(22)29)21-10-13-32(14-11-21)18-20-8-9-25(30)27(16-20)34-3/h4-9,12,15-16,21,26H,10-11,13-14,17-18H2,1-3H3/t26-/m1/s1. The van der Waals surface area contributed by atoms with E-state index in [9.17, 15) is 13.6 Å². The molecule has 0 N–H and O–H groups in total. The Labute approximate surface area is 205 Å². The molecule has 2 heterocycles. The van der Waals surface area contributed by atoms with E-state index in [1.54, 1.807) is 49.2 Å². The Kier molecular flexibility index (Phi) is 7.86. The highest BCUT2D eigenvalue weighted by atomic mass is 19.1. The van der Waals surface area contributed by atoms with Gasteiger partial charge in [0.05, 0.1) is 18.9 Å². The molecule has 1 aliphatic heterocycles. The lowest BCUT2D eigenvalue weighted by Crippen LogP contribution is -2.47. The van der Waals surface area contributed by atoms with Gasteiger partial charge in [0.25, 0.3) is 5.91 Å². The molecule has 0 spiro atoms. The number of furan rings is 1. The van der Waals surface area contributed by atoms with Crippen LogP contribution in [0.15, 0.2) is 59.2 Å². The van der Waals surface area contributed by atoms with Crippen LogP contribution < -0.4 is 4.74 Å². The Bertz CT molecular complexity index is 1150. The molecule has 3 aromatic rings. The Morgan fingerprint density at radius 2 is 1.89 bits per heavy atom. The second kappa shape index (κ2) is 11.0. The van der Waals surface area contributed by atoms with Crippen molar-refractivity contribution in [2.75, 3.05) is 27.2 Å². The summed E-state index contributed by atoms with van der Waals surface area (Å²) in [5.74, 6) is 0.313. The maximum atomic E-state index is 14.6. The van der Waals surface area contributed by atoms with Crippen LogP contribution in [0.3, 0.4) is 0 Å². The van der Waals surface area contributed by atoms with Gasteiger partial charge in [0.15, 0.2) is 11.6 Å². The summed E-state index contributed by atoms with van der Waals surface area (Å²) in [6, 6.07) is 13.3. The molecule has 1 atom stereocenters. The van der Waals surface area contributed by atoms with Gasteiger partial charge in [-0.3, -0.25) is 9.69 Å². The lowest BCUT2D eigenvalue weighted by Gasteiger charge is -2.40. The summed E-state index contributed by atoms with van der Waals surface area (Å²) in [7, 11) is 3.27. The number of ether oxygens (including phenoxy) is 1. The van der Waals surface area contributed by atoms with E-state index in [2.05, 4.69) is 4.90 Å². The highest BCUT2D eigenvalue weighted by molar-refractivity contribution is 5.95. The Morgan fingerprint density at radius 1 is 1.14 bits per heavy atom. The van der Waals surface area contributed by atoms with Gasteiger partial charge in [0.2, 0.25) is 0 Å². The van der Waals surface area contributed by atoms with Gasteiger partial charge in [-0.2, -0.15) is 0 Å². The van der Waals surface area contributed by atoms with Crippen LogP contribution in [-0.4, -0.2) is 49.0 Å². The van der Waals surface area contributed by atoms with E-state index >= 15 is 0 Å². The second-order valence-corrected chi connectivity index (χ2v) is 9.25. The first kappa shape index (κ1) is 24.9. The fourth-order valence-electron chi connectivity index (χ4n) is 5.01. The number of amides is 1. The summed E-state index contributed by atoms with van der Waals surface area (Å²) in [5, 5.41) is 0. The third kappa shape index (κ3) is 5.73. The van der Waals surface area contributed by atoms with Crippen LogP contribution in [-0.2, 0) is 13.0 Å². The number of benzene rings is 2. The first-order valence-electron chi connectivity index (χ1n) is 12.0. The Morgan fingerprint density at radius 3 is 2.54 bits per heavy atom. The number of nitrogens with zero attached hydrogens (tertiary/aromatic N) is 2. The van der Waals surface area contributed by atoms with Crippen LogP contribution in [0, 0.1) is 24.5 Å². The summed E-state index contributed by atoms with van der Waals surface area (Å²) >= 11 is 0. The van der Waals surface area contributed by atoms with Crippen LogP contribution in [0.1, 0.15) is 40.1 Å². The molecule has 0 radical (unpaired) electrons. The van der Waals surface area contributed by atoms with Crippen molar-refractivity contribution in [1.29, 1.82) is 0 Å². The maximum Gasteiger partial charge on any atom is 0.257 e. The molecular formula is C28H32F2N2O3. The van der Waals surface area contributed by atoms with Crippen LogP contribution in [0.25, 0.3) is 0 Å². The van der Waals surface area contributed by atoms with Crippen LogP contribution in [0.2, 0.25) is 0 Å². The molecule has 1 amide bonds. The van der Waals surface area contributed by atoms with E-state index in [1.807, 2.05) is 6.07 Å². The van der Waals surface area contributed by atoms with Gasteiger partial charge in [-0.1, -0.05) is 24.3 Å². The predicted octanol–water partition coefficient (Wildman–Crippen LogP) is 5.47. The third-order valence-electron chi connectivity index (χ3n) is 7.09. The number of rotatable bonds is 8. The lowest BCUT2D eigenvalue weighted by molar-refractivity contribution is 0.0581. The summed E-state index contributed by atoms with van der Waals surface area (Å²) in [4.78, 5) is 17.4. The molecule has 0 bridgehead atoms. The van der Waals surface area contributed by atoms with Crippen LogP contribution in [0.5, 0.6) is 5.75 Å². The summed E-state index contributed by atoms with van der Waals surface area (Å²) in [6.07, 6.45) is 3.72. The van der Waals surface area contributed by atoms with Gasteiger partial charge in [-0.05, 0) is 80.6 Å². The van der Waals surface area contributed by atoms with E-state index in [4.69, 9.17) is 9.15 Å². The number of hydrogen-bond donors (Lipinski definition) is 0. The second-order valence-electron chi connectivity index (χ2n) is 9.25. The van der Waals surface area contributed by atoms with Gasteiger partial charge < -0.3 is 14.1 Å². The molecule has 1 fully saturated rings.